The summed E-state index contributed by atoms with van der Waals surface area (Å²) in [4.78, 5) is 12.5. The summed E-state index contributed by atoms with van der Waals surface area (Å²) in [6.45, 7) is 4.71. The molecule has 0 heterocycles. The van der Waals surface area contributed by atoms with Crippen molar-refractivity contribution >= 4 is 33.2 Å². The number of ether oxygens (including phenoxy) is 1. The van der Waals surface area contributed by atoms with Crippen LogP contribution in [0.4, 0.5) is 5.69 Å². The van der Waals surface area contributed by atoms with Gasteiger partial charge in [0.1, 0.15) is 12.4 Å². The molecule has 0 saturated heterocycles. The number of hydrogen-bond acceptors (Lipinski definition) is 4. The summed E-state index contributed by atoms with van der Waals surface area (Å²) in [5.41, 5.74) is 3.86. The van der Waals surface area contributed by atoms with Crippen LogP contribution in [0.3, 0.4) is 0 Å². The van der Waals surface area contributed by atoms with Gasteiger partial charge in [0.2, 0.25) is 10.0 Å². The predicted molar refractivity (Wildman–Crippen MR) is 137 cm³/mol. The first kappa shape index (κ1) is 25.6. The first-order valence-corrected chi connectivity index (χ1v) is 13.2. The molecular formula is C26H29ClN2O4S. The van der Waals surface area contributed by atoms with Crippen molar-refractivity contribution in [3.05, 3.63) is 94.0 Å². The van der Waals surface area contributed by atoms with Gasteiger partial charge in [-0.1, -0.05) is 61.0 Å². The maximum Gasteiger partial charge on any atom is 0.251 e. The van der Waals surface area contributed by atoms with E-state index in [9.17, 15) is 13.2 Å². The molecule has 0 fully saturated rings. The second-order valence-corrected chi connectivity index (χ2v) is 10.3. The molecule has 6 nitrogen and oxygen atoms in total. The minimum atomic E-state index is -3.51. The molecule has 1 N–H and O–H groups in total. The van der Waals surface area contributed by atoms with Crippen molar-refractivity contribution in [2.24, 2.45) is 0 Å². The number of nitrogens with zero attached hydrogens (tertiary/aromatic N) is 1. The largest absolute Gasteiger partial charge is 0.490 e. The van der Waals surface area contributed by atoms with Gasteiger partial charge in [-0.3, -0.25) is 9.10 Å². The Morgan fingerprint density at radius 2 is 1.74 bits per heavy atom. The molecule has 0 unspecified atom stereocenters. The molecule has 0 spiro atoms. The third-order valence-corrected chi connectivity index (χ3v) is 6.80. The highest BCUT2D eigenvalue weighted by Crippen LogP contribution is 2.29. The van der Waals surface area contributed by atoms with E-state index in [1.165, 1.54) is 10.6 Å². The monoisotopic (exact) mass is 500 g/mol. The number of halogens is 1. The van der Waals surface area contributed by atoms with Crippen molar-refractivity contribution < 1.29 is 17.9 Å². The van der Waals surface area contributed by atoms with E-state index in [2.05, 4.69) is 5.32 Å². The van der Waals surface area contributed by atoms with E-state index in [1.807, 2.05) is 44.2 Å². The number of carbonyl (C=O) groups is 1. The number of nitrogens with one attached hydrogen (secondary N) is 1. The van der Waals surface area contributed by atoms with E-state index >= 15 is 0 Å². The third kappa shape index (κ3) is 6.52. The van der Waals surface area contributed by atoms with Crippen LogP contribution in [-0.4, -0.2) is 33.7 Å². The van der Waals surface area contributed by atoms with Crippen molar-refractivity contribution in [1.82, 2.24) is 5.32 Å². The lowest BCUT2D eigenvalue weighted by atomic mass is 10.1. The molecule has 180 valence electrons. The number of benzene rings is 3. The zero-order chi connectivity index (χ0) is 24.7. The van der Waals surface area contributed by atoms with Crippen LogP contribution in [0.15, 0.2) is 66.7 Å². The summed E-state index contributed by atoms with van der Waals surface area (Å²) in [5, 5.41) is 3.33. The van der Waals surface area contributed by atoms with Gasteiger partial charge < -0.3 is 10.1 Å². The Labute approximate surface area is 206 Å². The average Bonchev–Trinajstić information content (AvgIpc) is 2.81. The van der Waals surface area contributed by atoms with Crippen molar-refractivity contribution in [2.75, 3.05) is 23.7 Å². The Hall–Kier alpha value is -3.03. The highest BCUT2D eigenvalue weighted by atomic mass is 35.5. The normalized spacial score (nSPS) is 11.2. The molecule has 0 saturated carbocycles. The Kier molecular flexibility index (Phi) is 8.58. The second-order valence-electron chi connectivity index (χ2n) is 7.94. The van der Waals surface area contributed by atoms with Gasteiger partial charge in [0.15, 0.2) is 0 Å². The minimum Gasteiger partial charge on any atom is -0.490 e. The fourth-order valence-corrected chi connectivity index (χ4v) is 4.81. The van der Waals surface area contributed by atoms with Crippen LogP contribution in [0.2, 0.25) is 5.02 Å². The number of anilines is 1. The van der Waals surface area contributed by atoms with E-state index in [0.717, 1.165) is 23.1 Å². The zero-order valence-electron chi connectivity index (χ0n) is 19.5. The van der Waals surface area contributed by atoms with Gasteiger partial charge in [0.05, 0.1) is 30.1 Å². The average molecular weight is 501 g/mol. The molecule has 0 aromatic heterocycles. The number of para-hydroxylation sites is 2. The van der Waals surface area contributed by atoms with E-state index in [1.54, 1.807) is 36.4 Å². The fraction of sp³-hybridized carbons (Fsp3) is 0.269. The Balaban J connectivity index is 1.65. The lowest BCUT2D eigenvalue weighted by Gasteiger charge is -2.26. The quantitative estimate of drug-likeness (QED) is 0.398. The van der Waals surface area contributed by atoms with Gasteiger partial charge >= 0.3 is 0 Å². The van der Waals surface area contributed by atoms with Gasteiger partial charge in [-0.15, -0.1) is 0 Å². The van der Waals surface area contributed by atoms with E-state index in [-0.39, 0.29) is 19.1 Å². The van der Waals surface area contributed by atoms with Gasteiger partial charge in [0.25, 0.3) is 5.91 Å². The lowest BCUT2D eigenvalue weighted by molar-refractivity contribution is 0.0947. The van der Waals surface area contributed by atoms with Crippen molar-refractivity contribution in [1.29, 1.82) is 0 Å². The van der Waals surface area contributed by atoms with Gasteiger partial charge in [-0.05, 0) is 54.3 Å². The maximum atomic E-state index is 12.6. The summed E-state index contributed by atoms with van der Waals surface area (Å²) < 4.78 is 32.3. The minimum absolute atomic E-state index is 0.185. The Bertz CT molecular complexity index is 1240. The van der Waals surface area contributed by atoms with Crippen molar-refractivity contribution in [2.45, 2.75) is 26.8 Å². The molecule has 3 aromatic carbocycles. The summed E-state index contributed by atoms with van der Waals surface area (Å²) in [6, 6.07) is 19.9. The standard InChI is InChI=1S/C26H29ClN2O4S/c1-4-21-9-7-8-19(2)25(21)29(34(3,31)32)18-20-12-14-22(15-13-20)26(30)28-16-17-33-24-11-6-5-10-23(24)27/h5-15H,4,16-18H2,1-3H3,(H,28,30). The van der Waals surface area contributed by atoms with Crippen LogP contribution in [-0.2, 0) is 23.0 Å². The molecule has 0 bridgehead atoms. The van der Waals surface area contributed by atoms with Crippen LogP contribution < -0.4 is 14.4 Å². The number of amides is 1. The molecule has 0 aliphatic rings. The first-order chi connectivity index (χ1) is 16.2. The fourth-order valence-electron chi connectivity index (χ4n) is 3.64. The number of carbonyl (C=O) groups excluding carboxylic acids is 1. The molecule has 3 aromatic rings. The molecule has 0 aliphatic carbocycles. The summed E-state index contributed by atoms with van der Waals surface area (Å²) in [5.74, 6) is 0.333. The van der Waals surface area contributed by atoms with Gasteiger partial charge in [-0.2, -0.15) is 0 Å². The Morgan fingerprint density at radius 3 is 2.38 bits per heavy atom. The third-order valence-electron chi connectivity index (χ3n) is 5.38. The van der Waals surface area contributed by atoms with Gasteiger partial charge in [0, 0.05) is 5.56 Å². The van der Waals surface area contributed by atoms with Crippen molar-refractivity contribution in [3.8, 4) is 5.75 Å². The predicted octanol–water partition coefficient (Wildman–Crippen LogP) is 4.99. The van der Waals surface area contributed by atoms with Crippen LogP contribution in [0.5, 0.6) is 5.75 Å². The van der Waals surface area contributed by atoms with E-state index in [4.69, 9.17) is 16.3 Å². The molecule has 0 aliphatic heterocycles. The summed E-state index contributed by atoms with van der Waals surface area (Å²) in [7, 11) is -3.51. The van der Waals surface area contributed by atoms with Crippen LogP contribution >= 0.6 is 11.6 Å². The first-order valence-electron chi connectivity index (χ1n) is 11.0. The van der Waals surface area contributed by atoms with E-state index in [0.29, 0.717) is 28.6 Å². The van der Waals surface area contributed by atoms with Crippen molar-refractivity contribution in [3.63, 3.8) is 0 Å². The van der Waals surface area contributed by atoms with Crippen LogP contribution in [0.25, 0.3) is 0 Å². The van der Waals surface area contributed by atoms with Crippen LogP contribution in [0, 0.1) is 6.92 Å². The maximum absolute atomic E-state index is 12.6. The summed E-state index contributed by atoms with van der Waals surface area (Å²) in [6.07, 6.45) is 1.94. The topological polar surface area (TPSA) is 75.7 Å². The SMILES string of the molecule is CCc1cccc(C)c1N(Cc1ccc(C(=O)NCCOc2ccccc2Cl)cc1)S(C)(=O)=O. The molecule has 0 atom stereocenters. The number of sulfonamides is 1. The van der Waals surface area contributed by atoms with Gasteiger partial charge in [-0.25, -0.2) is 8.42 Å². The lowest BCUT2D eigenvalue weighted by Crippen LogP contribution is -2.31. The molecule has 1 amide bonds. The molecule has 0 radical (unpaired) electrons. The number of hydrogen-bond donors (Lipinski definition) is 1. The second kappa shape index (κ2) is 11.4. The Morgan fingerprint density at radius 1 is 1.03 bits per heavy atom. The highest BCUT2D eigenvalue weighted by molar-refractivity contribution is 7.92. The number of aryl methyl sites for hydroxylation is 2. The van der Waals surface area contributed by atoms with E-state index < -0.39 is 10.0 Å². The summed E-state index contributed by atoms with van der Waals surface area (Å²) >= 11 is 6.05. The number of rotatable bonds is 10. The molecule has 3 rings (SSSR count). The molecule has 34 heavy (non-hydrogen) atoms. The van der Waals surface area contributed by atoms with Crippen LogP contribution in [0.1, 0.15) is 34.0 Å². The molecule has 8 heteroatoms. The molecular weight excluding hydrogens is 472 g/mol. The smallest absolute Gasteiger partial charge is 0.251 e. The highest BCUT2D eigenvalue weighted by Gasteiger charge is 2.22. The zero-order valence-corrected chi connectivity index (χ0v) is 21.1.